The number of aliphatic hydroxyl groups excluding tert-OH is 1. The highest BCUT2D eigenvalue weighted by molar-refractivity contribution is 5.98. The molecule has 452 valence electrons. The van der Waals surface area contributed by atoms with E-state index in [1.807, 2.05) is 0 Å². The van der Waals surface area contributed by atoms with Crippen molar-refractivity contribution < 1.29 is 73.2 Å². The predicted octanol–water partition coefficient (Wildman–Crippen LogP) is -5.21. The number of hydrogen-bond acceptors (Lipinski definition) is 17. The van der Waals surface area contributed by atoms with E-state index in [2.05, 4.69) is 42.2 Å². The van der Waals surface area contributed by atoms with Crippen molar-refractivity contribution in [3.8, 4) is 11.5 Å². The summed E-state index contributed by atoms with van der Waals surface area (Å²) < 4.78 is 0. The number of aromatic hydroxyl groups is 2. The Bertz CT molecular complexity index is 2570. The summed E-state index contributed by atoms with van der Waals surface area (Å²) in [6, 6.07) is -1.70. The standard InChI is InChI=1S/C52H79N15O15/c1-27(50(80)67-24-6-9-39(67)49(79)65-38(26-30-12-16-32(70)17-13-30)48(78)66-42(28(2)68)51(81)82)60-44(74)35(8-5-23-59-52(57)58)62-46(76)36(19-21-41(56)72)63-47(77)37(25-29-10-14-31(69)15-11-29)64-45(75)34(7-3-4-22-53)61-43(73)33(54)18-20-40(55)71/h10-17,27-28,33-39,42,68-70H,3-9,18-26,53-54H2,1-2H3,(H2,55,71)(H2,56,72)(H,60,74)(H,61,73)(H,62,76)(H,63,77)(H,64,75)(H,65,79)(H,66,78)(H,81,82)(H4,57,58,59)/t27-,28+,33-,34-,35-,36-,37-,38-,39-,42-/m0/s1. The number of rotatable bonds is 35. The van der Waals surface area contributed by atoms with Crippen molar-refractivity contribution in [2.45, 2.75) is 158 Å². The van der Waals surface area contributed by atoms with Crippen LogP contribution in [0.2, 0.25) is 0 Å². The first-order chi connectivity index (χ1) is 38.7. The molecule has 1 aliphatic rings. The molecule has 82 heavy (non-hydrogen) atoms. The third-order valence-electron chi connectivity index (χ3n) is 13.1. The Morgan fingerprint density at radius 2 is 1.05 bits per heavy atom. The van der Waals surface area contributed by atoms with Crippen molar-refractivity contribution in [1.82, 2.24) is 42.1 Å². The van der Waals surface area contributed by atoms with Crippen molar-refractivity contribution in [2.75, 3.05) is 19.6 Å². The molecule has 0 unspecified atom stereocenters. The molecule has 30 nitrogen and oxygen atoms in total. The highest BCUT2D eigenvalue weighted by Crippen LogP contribution is 2.21. The number of aliphatic hydroxyl groups is 1. The van der Waals surface area contributed by atoms with Gasteiger partial charge in [0.15, 0.2) is 12.0 Å². The molecule has 0 bridgehead atoms. The number of nitrogens with zero attached hydrogens (tertiary/aromatic N) is 2. The van der Waals surface area contributed by atoms with E-state index in [1.54, 1.807) is 0 Å². The fourth-order valence-corrected chi connectivity index (χ4v) is 8.61. The molecular weight excluding hydrogens is 1070 g/mol. The first-order valence-electron chi connectivity index (χ1n) is 26.7. The van der Waals surface area contributed by atoms with Crippen molar-refractivity contribution in [1.29, 1.82) is 0 Å². The summed E-state index contributed by atoms with van der Waals surface area (Å²) in [7, 11) is 0. The van der Waals surface area contributed by atoms with Gasteiger partial charge in [-0.3, -0.25) is 52.9 Å². The largest absolute Gasteiger partial charge is 0.508 e. The second-order valence-electron chi connectivity index (χ2n) is 19.9. The van der Waals surface area contributed by atoms with Gasteiger partial charge in [0.05, 0.1) is 12.1 Å². The topological polar surface area (TPSA) is 525 Å². The van der Waals surface area contributed by atoms with Gasteiger partial charge in [-0.1, -0.05) is 24.3 Å². The number of amides is 10. The number of carboxylic acid groups (broad SMARTS) is 1. The molecule has 1 heterocycles. The van der Waals surface area contributed by atoms with Gasteiger partial charge in [-0.25, -0.2) is 4.79 Å². The summed E-state index contributed by atoms with van der Waals surface area (Å²) >= 11 is 0. The zero-order chi connectivity index (χ0) is 61.2. The predicted molar refractivity (Wildman–Crippen MR) is 295 cm³/mol. The Balaban J connectivity index is 1.91. The Labute approximate surface area is 473 Å². The minimum absolute atomic E-state index is 0.0271. The van der Waals surface area contributed by atoms with Crippen LogP contribution in [0.5, 0.6) is 11.5 Å². The van der Waals surface area contributed by atoms with Gasteiger partial charge in [0.25, 0.3) is 0 Å². The molecule has 23 N–H and O–H groups in total. The lowest BCUT2D eigenvalue weighted by Crippen LogP contribution is -2.60. The number of benzene rings is 2. The quantitative estimate of drug-likeness (QED) is 0.0174. The molecular formula is C52H79N15O15. The number of carboxylic acids is 1. The Morgan fingerprint density at radius 1 is 0.598 bits per heavy atom. The molecule has 3 rings (SSSR count). The van der Waals surface area contributed by atoms with Crippen LogP contribution in [0.4, 0.5) is 0 Å². The number of guanidine groups is 1. The van der Waals surface area contributed by atoms with Crippen LogP contribution in [0.1, 0.15) is 95.6 Å². The maximum absolute atomic E-state index is 14.4. The second kappa shape index (κ2) is 33.8. The van der Waals surface area contributed by atoms with E-state index in [4.69, 9.17) is 34.4 Å². The summed E-state index contributed by atoms with van der Waals surface area (Å²) in [5.74, 6) is -10.7. The number of phenols is 2. The van der Waals surface area contributed by atoms with Gasteiger partial charge in [0.1, 0.15) is 53.8 Å². The van der Waals surface area contributed by atoms with Gasteiger partial charge in [-0.2, -0.15) is 0 Å². The van der Waals surface area contributed by atoms with Crippen molar-refractivity contribution in [2.24, 2.45) is 39.4 Å². The van der Waals surface area contributed by atoms with Crippen molar-refractivity contribution in [3.63, 3.8) is 0 Å². The molecule has 0 aliphatic carbocycles. The number of phenolic OH excluding ortho intramolecular Hbond substituents is 2. The van der Waals surface area contributed by atoms with Crippen LogP contribution in [-0.2, 0) is 65.6 Å². The van der Waals surface area contributed by atoms with E-state index in [0.29, 0.717) is 30.4 Å². The molecule has 0 spiro atoms. The Hall–Kier alpha value is -8.64. The van der Waals surface area contributed by atoms with E-state index in [9.17, 15) is 73.2 Å². The van der Waals surface area contributed by atoms with Gasteiger partial charge in [-0.05, 0) is 114 Å². The maximum Gasteiger partial charge on any atom is 0.328 e. The number of aliphatic imine (C=N–C) groups is 1. The van der Waals surface area contributed by atoms with Gasteiger partial charge >= 0.3 is 5.97 Å². The lowest BCUT2D eigenvalue weighted by atomic mass is 10.0. The number of carbonyl (C=O) groups is 11. The van der Waals surface area contributed by atoms with Crippen molar-refractivity contribution in [3.05, 3.63) is 59.7 Å². The van der Waals surface area contributed by atoms with E-state index >= 15 is 0 Å². The monoisotopic (exact) mass is 1150 g/mol. The molecule has 0 radical (unpaired) electrons. The second-order valence-corrected chi connectivity index (χ2v) is 19.9. The van der Waals surface area contributed by atoms with Crippen LogP contribution in [0.25, 0.3) is 0 Å². The zero-order valence-corrected chi connectivity index (χ0v) is 45.8. The third kappa shape index (κ3) is 23.2. The number of hydrogen-bond donors (Lipinski definition) is 17. The lowest BCUT2D eigenvalue weighted by molar-refractivity contribution is -0.145. The molecule has 1 aliphatic heterocycles. The molecule has 30 heteroatoms. The molecule has 10 amide bonds. The number of aliphatic carboxylic acids is 1. The molecule has 1 saturated heterocycles. The summed E-state index contributed by atoms with van der Waals surface area (Å²) in [5, 5.41) is 57.0. The first-order valence-corrected chi connectivity index (χ1v) is 26.7. The van der Waals surface area contributed by atoms with Gasteiger partial charge in [-0.15, -0.1) is 0 Å². The zero-order valence-electron chi connectivity index (χ0n) is 45.8. The SMILES string of the molecule is C[C@H](NC(=O)[C@H](CCCN=C(N)N)NC(=O)[C@H](CCC(N)=O)NC(=O)[C@H](Cc1ccc(O)cc1)NC(=O)[C@H](CCCCN)NC(=O)[C@@H](N)CCC(N)=O)C(=O)N1CCC[C@H]1C(=O)N[C@@H](Cc1ccc(O)cc1)C(=O)N[C@H](C(=O)O)[C@@H](C)O. The first kappa shape index (κ1) is 67.6. The number of carbonyl (C=O) groups excluding carboxylic acids is 10. The fourth-order valence-electron chi connectivity index (χ4n) is 8.61. The lowest BCUT2D eigenvalue weighted by Gasteiger charge is -2.30. The van der Waals surface area contributed by atoms with Crippen LogP contribution in [0.3, 0.4) is 0 Å². The number of primary amides is 2. The maximum atomic E-state index is 14.4. The molecule has 10 atom stereocenters. The third-order valence-corrected chi connectivity index (χ3v) is 13.1. The summed E-state index contributed by atoms with van der Waals surface area (Å²) in [6.07, 6.45) is -2.09. The Morgan fingerprint density at radius 3 is 1.55 bits per heavy atom. The molecule has 0 saturated carbocycles. The smallest absolute Gasteiger partial charge is 0.328 e. The van der Waals surface area contributed by atoms with Gasteiger partial charge in [0.2, 0.25) is 59.1 Å². The molecule has 0 aromatic heterocycles. The molecule has 2 aromatic carbocycles. The Kier molecular flexibility index (Phi) is 27.9. The van der Waals surface area contributed by atoms with E-state index in [-0.39, 0.29) is 88.5 Å². The minimum Gasteiger partial charge on any atom is -0.508 e. The molecule has 2 aromatic rings. The normalized spacial score (nSPS) is 16.2. The number of nitrogens with two attached hydrogens (primary N) is 6. The number of likely N-dealkylation sites (tertiary alicyclic amines) is 1. The van der Waals surface area contributed by atoms with Crippen LogP contribution in [0, 0.1) is 0 Å². The summed E-state index contributed by atoms with van der Waals surface area (Å²) in [6.45, 7) is 2.71. The van der Waals surface area contributed by atoms with Gasteiger partial charge in [0, 0.05) is 38.8 Å². The number of nitrogens with one attached hydrogen (secondary N) is 7. The van der Waals surface area contributed by atoms with Crippen LogP contribution in [0.15, 0.2) is 53.5 Å². The highest BCUT2D eigenvalue weighted by atomic mass is 16.4. The number of unbranched alkanes of at least 4 members (excludes halogenated alkanes) is 1. The van der Waals surface area contributed by atoms with E-state index in [1.165, 1.54) is 60.4 Å². The average molecular weight is 1150 g/mol. The average Bonchev–Trinajstić information content (AvgIpc) is 3.98. The van der Waals surface area contributed by atoms with Crippen LogP contribution >= 0.6 is 0 Å². The fraction of sp³-hybridized carbons (Fsp3) is 0.538. The van der Waals surface area contributed by atoms with Crippen LogP contribution < -0.4 is 71.6 Å². The van der Waals surface area contributed by atoms with Crippen LogP contribution in [-0.4, -0.2) is 176 Å². The summed E-state index contributed by atoms with van der Waals surface area (Å²) in [5.41, 5.74) is 34.2. The molecule has 1 fully saturated rings. The highest BCUT2D eigenvalue weighted by Gasteiger charge is 2.40. The van der Waals surface area contributed by atoms with Crippen molar-refractivity contribution >= 4 is 71.0 Å². The summed E-state index contributed by atoms with van der Waals surface area (Å²) in [4.78, 5) is 152. The van der Waals surface area contributed by atoms with E-state index in [0.717, 1.165) is 6.92 Å². The van der Waals surface area contributed by atoms with E-state index < -0.39 is 138 Å². The van der Waals surface area contributed by atoms with Gasteiger partial charge < -0.3 is 96.9 Å². The minimum atomic E-state index is -1.75.